The molecule has 0 radical (unpaired) electrons. The smallest absolute Gasteiger partial charge is 0.158 e. The molecule has 1 saturated carbocycles. The third-order valence-electron chi connectivity index (χ3n) is 3.29. The number of halogens is 3. The van der Waals surface area contributed by atoms with Gasteiger partial charge in [-0.05, 0) is 32.1 Å². The first-order valence-electron chi connectivity index (χ1n) is 5.17. The van der Waals surface area contributed by atoms with Gasteiger partial charge in [-0.2, -0.15) is 0 Å². The van der Waals surface area contributed by atoms with Crippen LogP contribution in [0.3, 0.4) is 0 Å². The predicted octanol–water partition coefficient (Wildman–Crippen LogP) is 3.05. The monoisotopic (exact) mass is 316 g/mol. The van der Waals surface area contributed by atoms with Crippen LogP contribution in [-0.4, -0.2) is 28.5 Å². The highest BCUT2D eigenvalue weighted by molar-refractivity contribution is 14.1. The molecular weight excluding hydrogens is 301 g/mol. The predicted molar refractivity (Wildman–Crippen MR) is 59.3 cm³/mol. The maximum absolute atomic E-state index is 13.6. The Hall–Kier alpha value is 0.550. The van der Waals surface area contributed by atoms with Crippen LogP contribution in [0.1, 0.15) is 26.2 Å². The third-order valence-corrected chi connectivity index (χ3v) is 4.49. The first kappa shape index (κ1) is 11.0. The van der Waals surface area contributed by atoms with Crippen molar-refractivity contribution in [2.75, 3.05) is 0 Å². The maximum Gasteiger partial charge on any atom is 0.158 e. The maximum atomic E-state index is 13.6. The van der Waals surface area contributed by atoms with Gasteiger partial charge in [-0.15, -0.1) is 0 Å². The van der Waals surface area contributed by atoms with E-state index in [0.29, 0.717) is 0 Å². The lowest BCUT2D eigenvalue weighted by atomic mass is 9.79. The summed E-state index contributed by atoms with van der Waals surface area (Å²) >= 11 is 2.02. The van der Waals surface area contributed by atoms with Crippen LogP contribution >= 0.6 is 22.6 Å². The summed E-state index contributed by atoms with van der Waals surface area (Å²) in [5, 5.41) is 0. The van der Waals surface area contributed by atoms with Crippen molar-refractivity contribution in [3.05, 3.63) is 0 Å². The SMILES string of the molecule is CC1CCC2CC(I)C(F)C(F)C2O1. The molecule has 0 bridgehead atoms. The van der Waals surface area contributed by atoms with Gasteiger partial charge in [0.15, 0.2) is 6.17 Å². The van der Waals surface area contributed by atoms with Crippen molar-refractivity contribution in [3.8, 4) is 0 Å². The summed E-state index contributed by atoms with van der Waals surface area (Å²) in [5.41, 5.74) is 0. The summed E-state index contributed by atoms with van der Waals surface area (Å²) in [7, 11) is 0. The van der Waals surface area contributed by atoms with Crippen LogP contribution in [0.5, 0.6) is 0 Å². The lowest BCUT2D eigenvalue weighted by Gasteiger charge is -2.43. The summed E-state index contributed by atoms with van der Waals surface area (Å²) < 4.78 is 32.4. The molecule has 4 heteroatoms. The van der Waals surface area contributed by atoms with E-state index >= 15 is 0 Å². The van der Waals surface area contributed by atoms with E-state index in [-0.39, 0.29) is 15.9 Å². The van der Waals surface area contributed by atoms with E-state index in [2.05, 4.69) is 0 Å². The average Bonchev–Trinajstić information content (AvgIpc) is 2.16. The Morgan fingerprint density at radius 3 is 2.64 bits per heavy atom. The molecule has 6 atom stereocenters. The Morgan fingerprint density at radius 2 is 1.93 bits per heavy atom. The molecule has 1 aliphatic heterocycles. The van der Waals surface area contributed by atoms with Crippen molar-refractivity contribution in [1.82, 2.24) is 0 Å². The first-order valence-corrected chi connectivity index (χ1v) is 6.42. The molecule has 0 aromatic rings. The zero-order chi connectivity index (χ0) is 10.3. The van der Waals surface area contributed by atoms with E-state index in [1.165, 1.54) is 0 Å². The van der Waals surface area contributed by atoms with Crippen LogP contribution in [-0.2, 0) is 4.74 Å². The lowest BCUT2D eigenvalue weighted by molar-refractivity contribution is -0.139. The molecule has 1 nitrogen and oxygen atoms in total. The second kappa shape index (κ2) is 4.20. The molecule has 2 aliphatic rings. The fourth-order valence-corrected chi connectivity index (χ4v) is 3.50. The molecule has 0 aromatic heterocycles. The van der Waals surface area contributed by atoms with Gasteiger partial charge < -0.3 is 4.74 Å². The Labute approximate surface area is 96.7 Å². The van der Waals surface area contributed by atoms with Gasteiger partial charge in [0.1, 0.15) is 6.17 Å². The van der Waals surface area contributed by atoms with E-state index in [4.69, 9.17) is 4.74 Å². The molecule has 1 saturated heterocycles. The quantitative estimate of drug-likeness (QED) is 0.493. The molecule has 0 amide bonds. The minimum atomic E-state index is -1.42. The van der Waals surface area contributed by atoms with Gasteiger partial charge in [0, 0.05) is 3.92 Å². The van der Waals surface area contributed by atoms with Gasteiger partial charge >= 0.3 is 0 Å². The summed E-state index contributed by atoms with van der Waals surface area (Å²) in [6.07, 6.45) is -0.431. The minimum absolute atomic E-state index is 0.0902. The Kier molecular flexibility index (Phi) is 3.31. The average molecular weight is 316 g/mol. The van der Waals surface area contributed by atoms with Crippen LogP contribution in [0.15, 0.2) is 0 Å². The van der Waals surface area contributed by atoms with E-state index in [0.717, 1.165) is 19.3 Å². The minimum Gasteiger partial charge on any atom is -0.372 e. The summed E-state index contributed by atoms with van der Waals surface area (Å²) in [6.45, 7) is 1.94. The van der Waals surface area contributed by atoms with Crippen LogP contribution in [0.2, 0.25) is 0 Å². The number of rotatable bonds is 0. The van der Waals surface area contributed by atoms with Crippen molar-refractivity contribution < 1.29 is 13.5 Å². The van der Waals surface area contributed by atoms with Crippen molar-refractivity contribution in [3.63, 3.8) is 0 Å². The molecule has 2 fully saturated rings. The zero-order valence-electron chi connectivity index (χ0n) is 8.13. The molecule has 1 aliphatic carbocycles. The summed E-state index contributed by atoms with van der Waals surface area (Å²) in [4.78, 5) is 0. The molecule has 82 valence electrons. The topological polar surface area (TPSA) is 9.23 Å². The van der Waals surface area contributed by atoms with Gasteiger partial charge in [0.05, 0.1) is 12.2 Å². The van der Waals surface area contributed by atoms with Crippen molar-refractivity contribution in [2.45, 2.75) is 54.7 Å². The molecule has 1 heterocycles. The number of hydrogen-bond acceptors (Lipinski definition) is 1. The van der Waals surface area contributed by atoms with E-state index in [9.17, 15) is 8.78 Å². The van der Waals surface area contributed by atoms with Crippen LogP contribution in [0.25, 0.3) is 0 Å². The van der Waals surface area contributed by atoms with Crippen LogP contribution < -0.4 is 0 Å². The van der Waals surface area contributed by atoms with Gasteiger partial charge in [-0.1, -0.05) is 22.6 Å². The molecule has 6 unspecified atom stereocenters. The van der Waals surface area contributed by atoms with Crippen molar-refractivity contribution in [2.24, 2.45) is 5.92 Å². The third kappa shape index (κ3) is 1.92. The Bertz CT molecular complexity index is 212. The van der Waals surface area contributed by atoms with E-state index < -0.39 is 18.4 Å². The fourth-order valence-electron chi connectivity index (χ4n) is 2.45. The van der Waals surface area contributed by atoms with Gasteiger partial charge in [-0.25, -0.2) is 8.78 Å². The van der Waals surface area contributed by atoms with E-state index in [1.807, 2.05) is 29.5 Å². The molecule has 14 heavy (non-hydrogen) atoms. The van der Waals surface area contributed by atoms with Gasteiger partial charge in [0.25, 0.3) is 0 Å². The lowest BCUT2D eigenvalue weighted by Crippen LogP contribution is -2.51. The zero-order valence-corrected chi connectivity index (χ0v) is 10.3. The van der Waals surface area contributed by atoms with E-state index in [1.54, 1.807) is 0 Å². The highest BCUT2D eigenvalue weighted by Gasteiger charge is 2.47. The first-order chi connectivity index (χ1) is 6.59. The summed E-state index contributed by atoms with van der Waals surface area (Å²) in [6, 6.07) is 0. The van der Waals surface area contributed by atoms with Crippen molar-refractivity contribution in [1.29, 1.82) is 0 Å². The Balaban J connectivity index is 2.08. The van der Waals surface area contributed by atoms with Crippen LogP contribution in [0.4, 0.5) is 8.78 Å². The highest BCUT2D eigenvalue weighted by atomic mass is 127. The van der Waals surface area contributed by atoms with Crippen LogP contribution in [0, 0.1) is 5.92 Å². The number of fused-ring (bicyclic) bond motifs is 1. The molecule has 0 aromatic carbocycles. The molecule has 2 rings (SSSR count). The molecule has 0 N–H and O–H groups in total. The number of hydrogen-bond donors (Lipinski definition) is 0. The largest absolute Gasteiger partial charge is 0.372 e. The standard InChI is InChI=1S/C10H15F2IO/c1-5-2-3-6-4-7(13)8(11)9(12)10(6)14-5/h5-10H,2-4H2,1H3. The summed E-state index contributed by atoms with van der Waals surface area (Å²) in [5.74, 6) is 0.232. The number of ether oxygens (including phenoxy) is 1. The second-order valence-corrected chi connectivity index (χ2v) is 5.99. The number of alkyl halides is 3. The highest BCUT2D eigenvalue weighted by Crippen LogP contribution is 2.41. The van der Waals surface area contributed by atoms with Gasteiger partial charge in [-0.3, -0.25) is 0 Å². The Morgan fingerprint density at radius 1 is 1.21 bits per heavy atom. The second-order valence-electron chi connectivity index (χ2n) is 4.39. The normalized spacial score (nSPS) is 54.0. The molecular formula is C10H15F2IO. The van der Waals surface area contributed by atoms with Gasteiger partial charge in [0.2, 0.25) is 0 Å². The fraction of sp³-hybridized carbons (Fsp3) is 1.00. The van der Waals surface area contributed by atoms with Crippen molar-refractivity contribution >= 4 is 22.6 Å². The molecule has 0 spiro atoms.